The molecular formula is C17H18N2O4S2. The maximum Gasteiger partial charge on any atom is 0.269 e. The molecule has 1 heterocycles. The lowest BCUT2D eigenvalue weighted by Crippen LogP contribution is -2.30. The molecule has 0 aromatic heterocycles. The van der Waals surface area contributed by atoms with Crippen molar-refractivity contribution in [2.75, 3.05) is 12.3 Å². The van der Waals surface area contributed by atoms with Crippen LogP contribution < -0.4 is 0 Å². The van der Waals surface area contributed by atoms with E-state index in [1.807, 2.05) is 19.1 Å². The van der Waals surface area contributed by atoms with Crippen LogP contribution in [0.15, 0.2) is 53.4 Å². The summed E-state index contributed by atoms with van der Waals surface area (Å²) in [5.41, 5.74) is 1.67. The van der Waals surface area contributed by atoms with Crippen LogP contribution in [0, 0.1) is 10.1 Å². The second-order valence-electron chi connectivity index (χ2n) is 5.69. The molecule has 0 spiro atoms. The van der Waals surface area contributed by atoms with E-state index in [-0.39, 0.29) is 10.6 Å². The van der Waals surface area contributed by atoms with E-state index in [0.717, 1.165) is 12.0 Å². The molecule has 2 aromatic carbocycles. The van der Waals surface area contributed by atoms with Gasteiger partial charge in [0, 0.05) is 24.4 Å². The van der Waals surface area contributed by atoms with Crippen molar-refractivity contribution >= 4 is 27.5 Å². The van der Waals surface area contributed by atoms with Gasteiger partial charge in [-0.05, 0) is 29.7 Å². The van der Waals surface area contributed by atoms with Crippen molar-refractivity contribution in [1.82, 2.24) is 4.31 Å². The van der Waals surface area contributed by atoms with Crippen LogP contribution in [-0.2, 0) is 16.4 Å². The first-order valence-electron chi connectivity index (χ1n) is 7.90. The molecule has 3 rings (SSSR count). The number of nitro benzene ring substituents is 1. The van der Waals surface area contributed by atoms with E-state index in [1.54, 1.807) is 24.3 Å². The third-order valence-electron chi connectivity index (χ3n) is 4.15. The van der Waals surface area contributed by atoms with Crippen LogP contribution in [0.5, 0.6) is 0 Å². The molecule has 0 N–H and O–H groups in total. The van der Waals surface area contributed by atoms with Crippen molar-refractivity contribution in [3.8, 4) is 0 Å². The summed E-state index contributed by atoms with van der Waals surface area (Å²) < 4.78 is 27.5. The highest BCUT2D eigenvalue weighted by Gasteiger charge is 2.37. The van der Waals surface area contributed by atoms with Gasteiger partial charge in [0.25, 0.3) is 5.69 Å². The molecule has 1 aliphatic rings. The molecule has 2 aromatic rings. The molecule has 1 aliphatic heterocycles. The monoisotopic (exact) mass is 378 g/mol. The molecule has 1 fully saturated rings. The predicted octanol–water partition coefficient (Wildman–Crippen LogP) is 3.59. The highest BCUT2D eigenvalue weighted by atomic mass is 32.2. The van der Waals surface area contributed by atoms with Crippen molar-refractivity contribution in [3.05, 3.63) is 69.8 Å². The average Bonchev–Trinajstić information content (AvgIpc) is 3.12. The predicted molar refractivity (Wildman–Crippen MR) is 98.0 cm³/mol. The summed E-state index contributed by atoms with van der Waals surface area (Å²) in [6.45, 7) is 2.40. The van der Waals surface area contributed by atoms with Gasteiger partial charge in [-0.15, -0.1) is 11.8 Å². The van der Waals surface area contributed by atoms with Crippen molar-refractivity contribution in [3.63, 3.8) is 0 Å². The molecule has 25 heavy (non-hydrogen) atoms. The highest BCUT2D eigenvalue weighted by molar-refractivity contribution is 8.01. The van der Waals surface area contributed by atoms with Crippen molar-refractivity contribution < 1.29 is 13.3 Å². The third kappa shape index (κ3) is 3.56. The van der Waals surface area contributed by atoms with E-state index in [4.69, 9.17) is 0 Å². The van der Waals surface area contributed by atoms with Crippen LogP contribution in [0.4, 0.5) is 5.69 Å². The van der Waals surface area contributed by atoms with Crippen molar-refractivity contribution in [1.29, 1.82) is 0 Å². The summed E-state index contributed by atoms with van der Waals surface area (Å²) in [4.78, 5) is 10.8. The van der Waals surface area contributed by atoms with E-state index in [1.165, 1.54) is 28.2 Å². The summed E-state index contributed by atoms with van der Waals surface area (Å²) in [5, 5.41) is 10.5. The second kappa shape index (κ2) is 7.15. The number of aryl methyl sites for hydroxylation is 1. The molecule has 8 heteroatoms. The first kappa shape index (κ1) is 17.9. The summed E-state index contributed by atoms with van der Waals surface area (Å²) in [7, 11) is -3.65. The highest BCUT2D eigenvalue weighted by Crippen LogP contribution is 2.42. The third-order valence-corrected chi connectivity index (χ3v) is 7.43. The first-order valence-corrected chi connectivity index (χ1v) is 10.4. The van der Waals surface area contributed by atoms with Crippen LogP contribution in [0.3, 0.4) is 0 Å². The van der Waals surface area contributed by atoms with Gasteiger partial charge in [-0.25, -0.2) is 8.42 Å². The van der Waals surface area contributed by atoms with Crippen molar-refractivity contribution in [2.45, 2.75) is 23.6 Å². The number of hydrogen-bond acceptors (Lipinski definition) is 5. The Morgan fingerprint density at radius 1 is 1.24 bits per heavy atom. The van der Waals surface area contributed by atoms with E-state index in [9.17, 15) is 18.5 Å². The van der Waals surface area contributed by atoms with Crippen LogP contribution in [0.1, 0.15) is 23.4 Å². The first-order chi connectivity index (χ1) is 11.9. The van der Waals surface area contributed by atoms with Crippen LogP contribution >= 0.6 is 11.8 Å². The number of benzene rings is 2. The maximum absolute atomic E-state index is 13.0. The Kier molecular flexibility index (Phi) is 5.12. The SMILES string of the molecule is CCc1ccc(S(=O)(=O)N2CCSC2c2cccc([N+](=O)[O-])c2)cc1. The smallest absolute Gasteiger partial charge is 0.258 e. The summed E-state index contributed by atoms with van der Waals surface area (Å²) in [5.74, 6) is 0.652. The summed E-state index contributed by atoms with van der Waals surface area (Å²) in [6, 6.07) is 13.1. The molecule has 1 unspecified atom stereocenters. The number of rotatable bonds is 5. The Morgan fingerprint density at radius 2 is 1.96 bits per heavy atom. The zero-order valence-corrected chi connectivity index (χ0v) is 15.3. The number of nitrogens with zero attached hydrogens (tertiary/aromatic N) is 2. The van der Waals surface area contributed by atoms with Crippen molar-refractivity contribution in [2.24, 2.45) is 0 Å². The molecule has 0 aliphatic carbocycles. The second-order valence-corrected chi connectivity index (χ2v) is 8.77. The van der Waals surface area contributed by atoms with Gasteiger partial charge in [0.05, 0.1) is 15.2 Å². The van der Waals surface area contributed by atoms with Gasteiger partial charge in [-0.2, -0.15) is 4.31 Å². The fraction of sp³-hybridized carbons (Fsp3) is 0.294. The largest absolute Gasteiger partial charge is 0.269 e. The lowest BCUT2D eigenvalue weighted by molar-refractivity contribution is -0.384. The minimum atomic E-state index is -3.65. The summed E-state index contributed by atoms with van der Waals surface area (Å²) >= 11 is 1.48. The lowest BCUT2D eigenvalue weighted by Gasteiger charge is -2.23. The average molecular weight is 378 g/mol. The molecule has 1 saturated heterocycles. The molecule has 0 amide bonds. The van der Waals surface area contributed by atoms with E-state index in [2.05, 4.69) is 0 Å². The molecule has 0 bridgehead atoms. The number of thioether (sulfide) groups is 1. The zero-order valence-electron chi connectivity index (χ0n) is 13.7. The Balaban J connectivity index is 1.95. The number of sulfonamides is 1. The standard InChI is InChI=1S/C17H18N2O4S2/c1-2-13-6-8-16(9-7-13)25(22,23)18-10-11-24-17(18)14-4-3-5-15(12-14)19(20)21/h3-9,12,17H,2,10-11H2,1H3. The minimum absolute atomic E-state index is 0.0327. The number of nitro groups is 1. The van der Waals surface area contributed by atoms with Gasteiger partial charge in [0.2, 0.25) is 10.0 Å². The lowest BCUT2D eigenvalue weighted by atomic mass is 10.2. The Morgan fingerprint density at radius 3 is 2.60 bits per heavy atom. The summed E-state index contributed by atoms with van der Waals surface area (Å²) in [6.07, 6.45) is 0.843. The van der Waals surface area contributed by atoms with Crippen LogP contribution in [-0.4, -0.2) is 29.9 Å². The Bertz CT molecular complexity index is 882. The Hall–Kier alpha value is -1.90. The van der Waals surface area contributed by atoms with Gasteiger partial charge in [0.15, 0.2) is 0 Å². The molecule has 0 saturated carbocycles. The molecule has 6 nitrogen and oxygen atoms in total. The van der Waals surface area contributed by atoms with Gasteiger partial charge in [0.1, 0.15) is 0 Å². The van der Waals surface area contributed by atoms with E-state index in [0.29, 0.717) is 17.9 Å². The molecule has 0 radical (unpaired) electrons. The minimum Gasteiger partial charge on any atom is -0.258 e. The van der Waals surface area contributed by atoms with E-state index >= 15 is 0 Å². The zero-order chi connectivity index (χ0) is 18.0. The molecule has 132 valence electrons. The fourth-order valence-electron chi connectivity index (χ4n) is 2.79. The Labute approximate surface area is 151 Å². The van der Waals surface area contributed by atoms with Gasteiger partial charge in [-0.1, -0.05) is 31.2 Å². The normalized spacial score (nSPS) is 18.4. The quantitative estimate of drug-likeness (QED) is 0.587. The van der Waals surface area contributed by atoms with Crippen LogP contribution in [0.2, 0.25) is 0 Å². The van der Waals surface area contributed by atoms with Gasteiger partial charge >= 0.3 is 0 Å². The molecule has 1 atom stereocenters. The number of hydrogen-bond donors (Lipinski definition) is 0. The van der Waals surface area contributed by atoms with E-state index < -0.39 is 20.3 Å². The topological polar surface area (TPSA) is 80.5 Å². The number of non-ortho nitro benzene ring substituents is 1. The maximum atomic E-state index is 13.0. The molecular weight excluding hydrogens is 360 g/mol. The van der Waals surface area contributed by atoms with Gasteiger partial charge in [-0.3, -0.25) is 10.1 Å². The van der Waals surface area contributed by atoms with Gasteiger partial charge < -0.3 is 0 Å². The van der Waals surface area contributed by atoms with Crippen LogP contribution in [0.25, 0.3) is 0 Å². The fourth-order valence-corrected chi connectivity index (χ4v) is 6.02.